The summed E-state index contributed by atoms with van der Waals surface area (Å²) < 4.78 is 0. The van der Waals surface area contributed by atoms with Gasteiger partial charge in [-0.25, -0.2) is 4.79 Å². The molecular weight excluding hydrogens is 568 g/mol. The molecule has 1 saturated heterocycles. The fraction of sp³-hybridized carbons (Fsp3) is 0.583. The van der Waals surface area contributed by atoms with Crippen LogP contribution in [0.15, 0.2) is 0 Å². The molecule has 1 heterocycles. The average Bonchev–Trinajstić information content (AvgIpc) is 3.23. The number of imide groups is 1. The standard InChI is InChI=1S/C24H30N4O14/c29-8-7-25(11-20(34)35)18(32)9-26(12-21(36)37)19(33)10-27(13-22(38)39)23(40)14-1-3-15(4-2-14)24(41)42-28-16(30)5-6-17(28)31/h8,14-15H,1-7,9-13H2,(H,34,35)(H,36,37)(H,38,39). The molecule has 0 unspecified atom stereocenters. The largest absolute Gasteiger partial charge is 0.480 e. The Kier molecular flexibility index (Phi) is 12.1. The van der Waals surface area contributed by atoms with Crippen molar-refractivity contribution < 1.29 is 68.1 Å². The first-order valence-electron chi connectivity index (χ1n) is 12.7. The van der Waals surface area contributed by atoms with E-state index in [0.29, 0.717) is 19.8 Å². The van der Waals surface area contributed by atoms with Gasteiger partial charge in [0.15, 0.2) is 0 Å². The molecule has 0 aromatic carbocycles. The molecule has 1 aliphatic heterocycles. The second-order valence-corrected chi connectivity index (χ2v) is 9.61. The van der Waals surface area contributed by atoms with Crippen molar-refractivity contribution in [2.75, 3.05) is 39.3 Å². The van der Waals surface area contributed by atoms with Gasteiger partial charge in [-0.05, 0) is 25.7 Å². The van der Waals surface area contributed by atoms with Crippen LogP contribution in [0.3, 0.4) is 0 Å². The number of amides is 5. The molecule has 230 valence electrons. The number of rotatable bonds is 15. The summed E-state index contributed by atoms with van der Waals surface area (Å²) in [5, 5.41) is 27.8. The Morgan fingerprint density at radius 1 is 0.690 bits per heavy atom. The Bertz CT molecular complexity index is 1130. The van der Waals surface area contributed by atoms with Gasteiger partial charge in [0.2, 0.25) is 17.7 Å². The topological polar surface area (TPSA) is 254 Å². The molecule has 0 aromatic rings. The van der Waals surface area contributed by atoms with Crippen molar-refractivity contribution in [1.82, 2.24) is 19.8 Å². The molecule has 18 heteroatoms. The normalized spacial score (nSPS) is 18.1. The molecule has 2 fully saturated rings. The van der Waals surface area contributed by atoms with Gasteiger partial charge in [-0.15, -0.1) is 5.06 Å². The zero-order valence-corrected chi connectivity index (χ0v) is 22.3. The minimum Gasteiger partial charge on any atom is -0.480 e. The van der Waals surface area contributed by atoms with E-state index in [0.717, 1.165) is 0 Å². The number of carboxylic acids is 3. The molecule has 18 nitrogen and oxygen atoms in total. The van der Waals surface area contributed by atoms with Crippen molar-refractivity contribution in [1.29, 1.82) is 0 Å². The Morgan fingerprint density at radius 2 is 1.12 bits per heavy atom. The van der Waals surface area contributed by atoms with E-state index in [9.17, 15) is 58.2 Å². The third kappa shape index (κ3) is 9.63. The van der Waals surface area contributed by atoms with E-state index in [2.05, 4.69) is 0 Å². The predicted octanol–water partition coefficient (Wildman–Crippen LogP) is -2.66. The van der Waals surface area contributed by atoms with Crippen molar-refractivity contribution in [3.05, 3.63) is 0 Å². The molecule has 1 aliphatic carbocycles. The van der Waals surface area contributed by atoms with Gasteiger partial charge < -0.3 is 39.7 Å². The Hall–Kier alpha value is -4.90. The van der Waals surface area contributed by atoms with Gasteiger partial charge in [0, 0.05) is 18.8 Å². The average molecular weight is 599 g/mol. The van der Waals surface area contributed by atoms with E-state index in [1.54, 1.807) is 0 Å². The lowest BCUT2D eigenvalue weighted by Crippen LogP contribution is -2.51. The van der Waals surface area contributed by atoms with Crippen molar-refractivity contribution in [3.8, 4) is 0 Å². The number of carboxylic acid groups (broad SMARTS) is 3. The highest BCUT2D eigenvalue weighted by Crippen LogP contribution is 2.31. The smallest absolute Gasteiger partial charge is 0.336 e. The third-order valence-electron chi connectivity index (χ3n) is 6.54. The Morgan fingerprint density at radius 3 is 1.62 bits per heavy atom. The number of hydrogen-bond acceptors (Lipinski definition) is 11. The summed E-state index contributed by atoms with van der Waals surface area (Å²) >= 11 is 0. The summed E-state index contributed by atoms with van der Waals surface area (Å²) in [6.07, 6.45) is 0.394. The second-order valence-electron chi connectivity index (χ2n) is 9.61. The van der Waals surface area contributed by atoms with E-state index in [1.807, 2.05) is 0 Å². The highest BCUT2D eigenvalue weighted by Gasteiger charge is 2.38. The molecular formula is C24H30N4O14. The van der Waals surface area contributed by atoms with Gasteiger partial charge >= 0.3 is 23.9 Å². The molecule has 5 amide bonds. The first-order chi connectivity index (χ1) is 19.7. The van der Waals surface area contributed by atoms with Crippen LogP contribution in [0.5, 0.6) is 0 Å². The van der Waals surface area contributed by atoms with Gasteiger partial charge in [0.25, 0.3) is 11.8 Å². The lowest BCUT2D eigenvalue weighted by atomic mass is 9.81. The molecule has 0 atom stereocenters. The fourth-order valence-electron chi connectivity index (χ4n) is 4.46. The maximum absolute atomic E-state index is 13.2. The highest BCUT2D eigenvalue weighted by atomic mass is 16.7. The SMILES string of the molecule is O=CCN(CC(=O)O)C(=O)CN(CC(=O)O)C(=O)CN(CC(=O)O)C(=O)C1CCC(C(=O)ON2C(=O)CCC2=O)CC1. The third-order valence-corrected chi connectivity index (χ3v) is 6.54. The van der Waals surface area contributed by atoms with Crippen molar-refractivity contribution in [2.45, 2.75) is 38.5 Å². The van der Waals surface area contributed by atoms with Crippen LogP contribution in [0.2, 0.25) is 0 Å². The lowest BCUT2D eigenvalue weighted by Gasteiger charge is -2.32. The molecule has 0 spiro atoms. The quantitative estimate of drug-likeness (QED) is 0.128. The van der Waals surface area contributed by atoms with Gasteiger partial charge in [-0.3, -0.25) is 38.4 Å². The molecule has 3 N–H and O–H groups in total. The summed E-state index contributed by atoms with van der Waals surface area (Å²) in [5.41, 5.74) is 0. The second kappa shape index (κ2) is 15.2. The number of aldehydes is 1. The van der Waals surface area contributed by atoms with Crippen LogP contribution in [0.4, 0.5) is 0 Å². The molecule has 42 heavy (non-hydrogen) atoms. The van der Waals surface area contributed by atoms with E-state index in [4.69, 9.17) is 9.94 Å². The number of aliphatic carboxylic acids is 3. The van der Waals surface area contributed by atoms with Crippen LogP contribution in [0, 0.1) is 11.8 Å². The van der Waals surface area contributed by atoms with Crippen LogP contribution in [-0.2, 0) is 52.8 Å². The predicted molar refractivity (Wildman–Crippen MR) is 131 cm³/mol. The summed E-state index contributed by atoms with van der Waals surface area (Å²) in [6.45, 7) is -5.44. The van der Waals surface area contributed by atoms with E-state index >= 15 is 0 Å². The number of nitrogens with zero attached hydrogens (tertiary/aromatic N) is 4. The number of carbonyl (C=O) groups excluding carboxylic acids is 7. The molecule has 2 aliphatic rings. The Balaban J connectivity index is 2.07. The summed E-state index contributed by atoms with van der Waals surface area (Å²) in [5.74, 6) is -11.2. The van der Waals surface area contributed by atoms with Crippen molar-refractivity contribution in [2.24, 2.45) is 11.8 Å². The maximum Gasteiger partial charge on any atom is 0.336 e. The monoisotopic (exact) mass is 598 g/mol. The maximum atomic E-state index is 13.2. The van der Waals surface area contributed by atoms with Crippen LogP contribution in [0.25, 0.3) is 0 Å². The number of hydrogen-bond donors (Lipinski definition) is 3. The van der Waals surface area contributed by atoms with Gasteiger partial charge in [-0.1, -0.05) is 0 Å². The van der Waals surface area contributed by atoms with Crippen LogP contribution in [0.1, 0.15) is 38.5 Å². The molecule has 2 rings (SSSR count). The lowest BCUT2D eigenvalue weighted by molar-refractivity contribution is -0.201. The van der Waals surface area contributed by atoms with Gasteiger partial charge in [-0.2, -0.15) is 0 Å². The van der Waals surface area contributed by atoms with Gasteiger partial charge in [0.05, 0.1) is 12.5 Å². The molecule has 0 radical (unpaired) electrons. The van der Waals surface area contributed by atoms with Crippen LogP contribution >= 0.6 is 0 Å². The first kappa shape index (κ1) is 33.3. The molecule has 1 saturated carbocycles. The summed E-state index contributed by atoms with van der Waals surface area (Å²) in [7, 11) is 0. The van der Waals surface area contributed by atoms with Crippen molar-refractivity contribution in [3.63, 3.8) is 0 Å². The minimum absolute atomic E-state index is 0.0674. The number of hydroxylamine groups is 2. The molecule has 0 bridgehead atoms. The van der Waals surface area contributed by atoms with Crippen LogP contribution in [-0.4, -0.2) is 134 Å². The Labute approximate surface area is 237 Å². The first-order valence-corrected chi connectivity index (χ1v) is 12.7. The minimum atomic E-state index is -1.56. The fourth-order valence-corrected chi connectivity index (χ4v) is 4.46. The summed E-state index contributed by atoms with van der Waals surface area (Å²) in [6, 6.07) is 0. The zero-order chi connectivity index (χ0) is 31.6. The zero-order valence-electron chi connectivity index (χ0n) is 22.3. The molecule has 0 aromatic heterocycles. The van der Waals surface area contributed by atoms with E-state index in [1.165, 1.54) is 0 Å². The number of carbonyl (C=O) groups is 10. The van der Waals surface area contributed by atoms with Crippen molar-refractivity contribution >= 4 is 59.7 Å². The van der Waals surface area contributed by atoms with Gasteiger partial charge in [0.1, 0.15) is 39.0 Å². The van der Waals surface area contributed by atoms with E-state index < -0.39 is 105 Å². The van der Waals surface area contributed by atoms with Crippen LogP contribution < -0.4 is 0 Å². The van der Waals surface area contributed by atoms with E-state index in [-0.39, 0.29) is 44.8 Å². The highest BCUT2D eigenvalue weighted by molar-refractivity contribution is 6.01. The summed E-state index contributed by atoms with van der Waals surface area (Å²) in [4.78, 5) is 126.